The molecular formula is C14H19NO2. The second kappa shape index (κ2) is 5.71. The zero-order valence-corrected chi connectivity index (χ0v) is 10.3. The van der Waals surface area contributed by atoms with Crippen molar-refractivity contribution in [2.75, 3.05) is 12.0 Å². The number of benzene rings is 1. The third kappa shape index (κ3) is 2.78. The Balaban J connectivity index is 2.18. The summed E-state index contributed by atoms with van der Waals surface area (Å²) in [5.74, 6) is 0.796. The van der Waals surface area contributed by atoms with Gasteiger partial charge in [0.2, 0.25) is 6.41 Å². The molecule has 0 aliphatic heterocycles. The predicted molar refractivity (Wildman–Crippen MR) is 68.4 cm³/mol. The van der Waals surface area contributed by atoms with Gasteiger partial charge in [-0.05, 0) is 25.0 Å². The Labute approximate surface area is 102 Å². The Morgan fingerprint density at radius 2 is 2.06 bits per heavy atom. The first-order valence-electron chi connectivity index (χ1n) is 6.23. The van der Waals surface area contributed by atoms with E-state index in [4.69, 9.17) is 4.74 Å². The summed E-state index contributed by atoms with van der Waals surface area (Å²) in [5, 5.41) is 0. The number of carbonyl (C=O) groups excluding carboxylic acids is 1. The number of hydrogen-bond donors (Lipinski definition) is 0. The maximum atomic E-state index is 11.3. The molecule has 3 heteroatoms. The number of carbonyl (C=O) groups is 1. The van der Waals surface area contributed by atoms with Crippen molar-refractivity contribution in [3.8, 4) is 5.75 Å². The van der Waals surface area contributed by atoms with Crippen LogP contribution in [0.4, 0.5) is 5.69 Å². The van der Waals surface area contributed by atoms with Crippen molar-refractivity contribution < 1.29 is 9.53 Å². The fraction of sp³-hybridized carbons (Fsp3) is 0.500. The van der Waals surface area contributed by atoms with E-state index in [0.717, 1.165) is 30.7 Å². The molecule has 0 unspecified atom stereocenters. The minimum absolute atomic E-state index is 0.355. The minimum Gasteiger partial charge on any atom is -0.497 e. The van der Waals surface area contributed by atoms with Crippen LogP contribution in [0.5, 0.6) is 5.75 Å². The normalized spacial score (nSPS) is 16.5. The van der Waals surface area contributed by atoms with Gasteiger partial charge >= 0.3 is 0 Å². The van der Waals surface area contributed by atoms with E-state index in [9.17, 15) is 4.79 Å². The molecule has 0 N–H and O–H groups in total. The fourth-order valence-electron chi connectivity index (χ4n) is 2.49. The summed E-state index contributed by atoms with van der Waals surface area (Å²) in [6.45, 7) is 0. The molecule has 0 bridgehead atoms. The summed E-state index contributed by atoms with van der Waals surface area (Å²) in [6.07, 6.45) is 6.90. The molecule has 3 nitrogen and oxygen atoms in total. The van der Waals surface area contributed by atoms with Crippen LogP contribution in [0, 0.1) is 0 Å². The van der Waals surface area contributed by atoms with Gasteiger partial charge in [0.25, 0.3) is 0 Å². The van der Waals surface area contributed by atoms with Crippen LogP contribution in [0.3, 0.4) is 0 Å². The maximum absolute atomic E-state index is 11.3. The van der Waals surface area contributed by atoms with E-state index in [1.807, 2.05) is 29.2 Å². The van der Waals surface area contributed by atoms with Crippen LogP contribution >= 0.6 is 0 Å². The van der Waals surface area contributed by atoms with Gasteiger partial charge in [-0.15, -0.1) is 0 Å². The molecule has 0 radical (unpaired) electrons. The quantitative estimate of drug-likeness (QED) is 0.748. The van der Waals surface area contributed by atoms with E-state index in [2.05, 4.69) is 0 Å². The molecule has 1 aromatic rings. The second-order valence-electron chi connectivity index (χ2n) is 4.51. The fourth-order valence-corrected chi connectivity index (χ4v) is 2.49. The predicted octanol–water partition coefficient (Wildman–Crippen LogP) is 2.99. The number of methoxy groups -OCH3 is 1. The average molecular weight is 233 g/mol. The van der Waals surface area contributed by atoms with E-state index in [1.165, 1.54) is 19.3 Å². The van der Waals surface area contributed by atoms with Gasteiger partial charge in [0.15, 0.2) is 0 Å². The molecule has 1 saturated carbocycles. The molecule has 1 aliphatic carbocycles. The summed E-state index contributed by atoms with van der Waals surface area (Å²) < 4.78 is 5.19. The highest BCUT2D eigenvalue weighted by Crippen LogP contribution is 2.28. The highest BCUT2D eigenvalue weighted by molar-refractivity contribution is 5.76. The van der Waals surface area contributed by atoms with Crippen LogP contribution in [0.25, 0.3) is 0 Å². The summed E-state index contributed by atoms with van der Waals surface area (Å²) in [7, 11) is 1.64. The Morgan fingerprint density at radius 1 is 1.29 bits per heavy atom. The molecule has 0 saturated heterocycles. The van der Waals surface area contributed by atoms with Gasteiger partial charge in [-0.3, -0.25) is 4.79 Å². The molecule has 0 atom stereocenters. The molecule has 1 aliphatic rings. The lowest BCUT2D eigenvalue weighted by Crippen LogP contribution is -2.35. The summed E-state index contributed by atoms with van der Waals surface area (Å²) in [6, 6.07) is 8.06. The van der Waals surface area contributed by atoms with Gasteiger partial charge in [0.1, 0.15) is 5.75 Å². The number of anilines is 1. The molecule has 0 aromatic heterocycles. The summed E-state index contributed by atoms with van der Waals surface area (Å²) >= 11 is 0. The van der Waals surface area contributed by atoms with Gasteiger partial charge in [-0.2, -0.15) is 0 Å². The van der Waals surface area contributed by atoms with E-state index in [-0.39, 0.29) is 0 Å². The van der Waals surface area contributed by atoms with Crippen LogP contribution in [-0.4, -0.2) is 19.6 Å². The number of nitrogens with zero attached hydrogens (tertiary/aromatic N) is 1. The number of hydrogen-bond acceptors (Lipinski definition) is 2. The van der Waals surface area contributed by atoms with Crippen LogP contribution < -0.4 is 9.64 Å². The van der Waals surface area contributed by atoms with Crippen molar-refractivity contribution in [2.24, 2.45) is 0 Å². The Morgan fingerprint density at radius 3 is 2.71 bits per heavy atom. The summed E-state index contributed by atoms with van der Waals surface area (Å²) in [5.41, 5.74) is 0.936. The zero-order chi connectivity index (χ0) is 12.1. The SMILES string of the molecule is COc1cccc(N(C=O)C2CCCCC2)c1. The summed E-state index contributed by atoms with van der Waals surface area (Å²) in [4.78, 5) is 13.1. The van der Waals surface area contributed by atoms with E-state index in [1.54, 1.807) is 7.11 Å². The molecule has 0 spiro atoms. The standard InChI is InChI=1S/C14H19NO2/c1-17-14-9-5-8-13(10-14)15(11-16)12-6-3-2-4-7-12/h5,8-12H,2-4,6-7H2,1H3. The lowest BCUT2D eigenvalue weighted by Gasteiger charge is -2.31. The smallest absolute Gasteiger partial charge is 0.214 e. The molecule has 0 heterocycles. The molecule has 2 rings (SSSR count). The highest BCUT2D eigenvalue weighted by atomic mass is 16.5. The average Bonchev–Trinajstić information content (AvgIpc) is 2.41. The molecule has 1 amide bonds. The van der Waals surface area contributed by atoms with Gasteiger partial charge in [-0.1, -0.05) is 25.3 Å². The second-order valence-corrected chi connectivity index (χ2v) is 4.51. The molecule has 17 heavy (non-hydrogen) atoms. The van der Waals surface area contributed by atoms with E-state index < -0.39 is 0 Å². The lowest BCUT2D eigenvalue weighted by molar-refractivity contribution is -0.108. The zero-order valence-electron chi connectivity index (χ0n) is 10.3. The van der Waals surface area contributed by atoms with Crippen molar-refractivity contribution >= 4 is 12.1 Å². The van der Waals surface area contributed by atoms with Gasteiger partial charge < -0.3 is 9.64 Å². The van der Waals surface area contributed by atoms with Gasteiger partial charge in [-0.25, -0.2) is 0 Å². The Kier molecular flexibility index (Phi) is 4.02. The van der Waals surface area contributed by atoms with Crippen molar-refractivity contribution in [3.05, 3.63) is 24.3 Å². The molecule has 92 valence electrons. The van der Waals surface area contributed by atoms with E-state index in [0.29, 0.717) is 6.04 Å². The molecule has 1 fully saturated rings. The lowest BCUT2D eigenvalue weighted by atomic mass is 9.94. The van der Waals surface area contributed by atoms with Gasteiger partial charge in [0.05, 0.1) is 7.11 Å². The van der Waals surface area contributed by atoms with Crippen molar-refractivity contribution in [1.29, 1.82) is 0 Å². The van der Waals surface area contributed by atoms with Crippen LogP contribution in [0.15, 0.2) is 24.3 Å². The molecular weight excluding hydrogens is 214 g/mol. The number of rotatable bonds is 4. The topological polar surface area (TPSA) is 29.5 Å². The molecule has 1 aromatic carbocycles. The van der Waals surface area contributed by atoms with Crippen LogP contribution in [0.1, 0.15) is 32.1 Å². The van der Waals surface area contributed by atoms with Crippen molar-refractivity contribution in [3.63, 3.8) is 0 Å². The van der Waals surface area contributed by atoms with Crippen LogP contribution in [-0.2, 0) is 4.79 Å². The first-order chi connectivity index (χ1) is 8.35. The van der Waals surface area contributed by atoms with Gasteiger partial charge in [0, 0.05) is 17.8 Å². The van der Waals surface area contributed by atoms with E-state index >= 15 is 0 Å². The number of ether oxygens (including phenoxy) is 1. The largest absolute Gasteiger partial charge is 0.497 e. The third-order valence-electron chi connectivity index (χ3n) is 3.43. The third-order valence-corrected chi connectivity index (χ3v) is 3.43. The number of amides is 1. The van der Waals surface area contributed by atoms with Crippen LogP contribution in [0.2, 0.25) is 0 Å². The highest BCUT2D eigenvalue weighted by Gasteiger charge is 2.21. The minimum atomic E-state index is 0.355. The first kappa shape index (κ1) is 12.0. The Bertz CT molecular complexity index is 372. The Hall–Kier alpha value is -1.51. The maximum Gasteiger partial charge on any atom is 0.214 e. The first-order valence-corrected chi connectivity index (χ1v) is 6.23. The monoisotopic (exact) mass is 233 g/mol. The van der Waals surface area contributed by atoms with Crippen molar-refractivity contribution in [1.82, 2.24) is 0 Å². The van der Waals surface area contributed by atoms with Crippen molar-refractivity contribution in [2.45, 2.75) is 38.1 Å².